The quantitative estimate of drug-likeness (QED) is 0.337. The second-order valence-corrected chi connectivity index (χ2v) is 10.5. The second-order valence-electron chi connectivity index (χ2n) is 9.42. The highest BCUT2D eigenvalue weighted by Gasteiger charge is 2.35. The molecule has 0 aliphatic heterocycles. The van der Waals surface area contributed by atoms with Gasteiger partial charge in [0.1, 0.15) is 23.4 Å². The van der Waals surface area contributed by atoms with Gasteiger partial charge in [-0.1, -0.05) is 0 Å². The molecule has 0 bridgehead atoms. The Labute approximate surface area is 224 Å². The summed E-state index contributed by atoms with van der Waals surface area (Å²) in [5, 5.41) is 6.07. The zero-order valence-corrected chi connectivity index (χ0v) is 22.3. The molecule has 1 aromatic carbocycles. The molecule has 206 valence electrons. The van der Waals surface area contributed by atoms with Crippen LogP contribution in [0.3, 0.4) is 0 Å². The Morgan fingerprint density at radius 2 is 1.87 bits per heavy atom. The van der Waals surface area contributed by atoms with E-state index < -0.39 is 29.5 Å². The Morgan fingerprint density at radius 1 is 1.13 bits per heavy atom. The van der Waals surface area contributed by atoms with Crippen LogP contribution >= 0.6 is 11.3 Å². The summed E-state index contributed by atoms with van der Waals surface area (Å²) in [5.74, 6) is -0.298. The summed E-state index contributed by atoms with van der Waals surface area (Å²) >= 11 is 1.03. The highest BCUT2D eigenvalue weighted by molar-refractivity contribution is 7.20. The number of hydrogen-bond donors (Lipinski definition) is 1. The van der Waals surface area contributed by atoms with Gasteiger partial charge in [-0.3, -0.25) is 9.48 Å². The average molecular weight is 564 g/mol. The van der Waals surface area contributed by atoms with Crippen LogP contribution in [0.4, 0.5) is 23.8 Å². The number of rotatable bonds is 6. The van der Waals surface area contributed by atoms with Crippen LogP contribution < -0.4 is 10.1 Å². The number of aromatic nitrogens is 5. The molecule has 0 unspecified atom stereocenters. The summed E-state index contributed by atoms with van der Waals surface area (Å²) < 4.78 is 51.4. The molecule has 4 aromatic rings. The Balaban J connectivity index is 1.44. The maximum atomic E-state index is 13.0. The van der Waals surface area contributed by atoms with Gasteiger partial charge in [-0.25, -0.2) is 19.7 Å². The number of hydrogen-bond acceptors (Lipinski definition) is 9. The number of carbonyl (C=O) groups excluding carboxylic acids is 2. The predicted octanol–water partition coefficient (Wildman–Crippen LogP) is 5.25. The van der Waals surface area contributed by atoms with Crippen LogP contribution in [0.5, 0.6) is 11.6 Å². The Hall–Kier alpha value is -4.27. The minimum atomic E-state index is -4.60. The van der Waals surface area contributed by atoms with Crippen LogP contribution in [0.1, 0.15) is 42.0 Å². The van der Waals surface area contributed by atoms with E-state index in [1.54, 1.807) is 52.1 Å². The molecule has 3 heterocycles. The van der Waals surface area contributed by atoms with Crippen molar-refractivity contribution in [3.8, 4) is 11.6 Å². The van der Waals surface area contributed by atoms with Crippen LogP contribution in [0.15, 0.2) is 36.7 Å². The standard InChI is InChI=1S/C24H24F3N7O4S/c1-23(2,3)38-22(36)33(4)11-13-8-19(29-12-28-13)37-14-6-7-15-16(9-14)39-21(30-15)20(35)31-18-10-17(24(25,26)27)34(5)32-18/h6-10,12H,11H2,1-5H3,(H,31,32,35). The van der Waals surface area contributed by atoms with Crippen LogP contribution in [0.2, 0.25) is 0 Å². The summed E-state index contributed by atoms with van der Waals surface area (Å²) in [4.78, 5) is 38.7. The average Bonchev–Trinajstić information content (AvgIpc) is 3.41. The van der Waals surface area contributed by atoms with Gasteiger partial charge >= 0.3 is 12.3 Å². The number of carbonyl (C=O) groups is 2. The summed E-state index contributed by atoms with van der Waals surface area (Å²) in [6.45, 7) is 5.50. The molecule has 0 fully saturated rings. The minimum absolute atomic E-state index is 0.0378. The molecular formula is C24H24F3N7O4S. The third-order valence-electron chi connectivity index (χ3n) is 4.99. The number of thiazole rings is 1. The SMILES string of the molecule is CN(Cc1cc(Oc2ccc3nc(C(=O)Nc4cc(C(F)(F)F)n(C)n4)sc3c2)ncn1)C(=O)OC(C)(C)C. The lowest BCUT2D eigenvalue weighted by Gasteiger charge is -2.24. The molecule has 39 heavy (non-hydrogen) atoms. The van der Waals surface area contributed by atoms with E-state index in [1.807, 2.05) is 0 Å². The molecule has 11 nitrogen and oxygen atoms in total. The van der Waals surface area contributed by atoms with Gasteiger partial charge < -0.3 is 19.7 Å². The van der Waals surface area contributed by atoms with Gasteiger partial charge in [0, 0.05) is 32.3 Å². The van der Waals surface area contributed by atoms with Crippen molar-refractivity contribution in [1.82, 2.24) is 29.6 Å². The molecule has 0 aliphatic rings. The molecule has 0 radical (unpaired) electrons. The summed E-state index contributed by atoms with van der Waals surface area (Å²) in [6.07, 6.45) is -3.79. The van der Waals surface area contributed by atoms with E-state index in [4.69, 9.17) is 9.47 Å². The molecular weight excluding hydrogens is 539 g/mol. The predicted molar refractivity (Wildman–Crippen MR) is 136 cm³/mol. The van der Waals surface area contributed by atoms with Gasteiger partial charge in [0.05, 0.1) is 22.5 Å². The third-order valence-corrected chi connectivity index (χ3v) is 6.01. The number of anilines is 1. The molecule has 3 aromatic heterocycles. The lowest BCUT2D eigenvalue weighted by atomic mass is 10.2. The molecule has 15 heteroatoms. The minimum Gasteiger partial charge on any atom is -0.444 e. The smallest absolute Gasteiger partial charge is 0.433 e. The second kappa shape index (κ2) is 10.5. The van der Waals surface area contributed by atoms with Crippen molar-refractivity contribution in [1.29, 1.82) is 0 Å². The first-order valence-electron chi connectivity index (χ1n) is 11.4. The Kier molecular flexibility index (Phi) is 7.46. The fourth-order valence-electron chi connectivity index (χ4n) is 3.32. The van der Waals surface area contributed by atoms with Crippen LogP contribution in [-0.2, 0) is 24.5 Å². The summed E-state index contributed by atoms with van der Waals surface area (Å²) in [6, 6.07) is 7.25. The van der Waals surface area contributed by atoms with E-state index in [0.717, 1.165) is 24.5 Å². The number of ether oxygens (including phenoxy) is 2. The van der Waals surface area contributed by atoms with E-state index in [0.29, 0.717) is 26.3 Å². The lowest BCUT2D eigenvalue weighted by molar-refractivity contribution is -0.143. The van der Waals surface area contributed by atoms with Crippen molar-refractivity contribution < 1.29 is 32.2 Å². The van der Waals surface area contributed by atoms with Gasteiger partial charge in [-0.05, 0) is 32.9 Å². The maximum absolute atomic E-state index is 13.0. The van der Waals surface area contributed by atoms with Crippen LogP contribution in [-0.4, -0.2) is 54.3 Å². The number of amides is 2. The highest BCUT2D eigenvalue weighted by Crippen LogP contribution is 2.32. The zero-order valence-electron chi connectivity index (χ0n) is 21.5. The van der Waals surface area contributed by atoms with E-state index in [9.17, 15) is 22.8 Å². The zero-order chi connectivity index (χ0) is 28.5. The van der Waals surface area contributed by atoms with Crippen molar-refractivity contribution in [2.75, 3.05) is 12.4 Å². The molecule has 2 amide bonds. The van der Waals surface area contributed by atoms with Crippen molar-refractivity contribution in [2.45, 2.75) is 39.1 Å². The first kappa shape index (κ1) is 27.8. The number of halogens is 3. The number of aryl methyl sites for hydroxylation is 1. The van der Waals surface area contributed by atoms with E-state index >= 15 is 0 Å². The van der Waals surface area contributed by atoms with Gasteiger partial charge in [0.25, 0.3) is 5.91 Å². The van der Waals surface area contributed by atoms with E-state index in [2.05, 4.69) is 25.4 Å². The highest BCUT2D eigenvalue weighted by atomic mass is 32.1. The monoisotopic (exact) mass is 563 g/mol. The number of alkyl halides is 3. The molecule has 1 N–H and O–H groups in total. The van der Waals surface area contributed by atoms with E-state index in [1.165, 1.54) is 11.2 Å². The molecule has 4 rings (SSSR count). The lowest BCUT2D eigenvalue weighted by Crippen LogP contribution is -2.34. The topological polar surface area (TPSA) is 124 Å². The summed E-state index contributed by atoms with van der Waals surface area (Å²) in [5.41, 5.74) is -0.601. The maximum Gasteiger partial charge on any atom is 0.433 e. The van der Waals surface area contributed by atoms with Crippen molar-refractivity contribution in [3.63, 3.8) is 0 Å². The van der Waals surface area contributed by atoms with Gasteiger partial charge in [0.2, 0.25) is 5.88 Å². The fourth-order valence-corrected chi connectivity index (χ4v) is 4.21. The van der Waals surface area contributed by atoms with Gasteiger partial charge in [-0.2, -0.15) is 18.3 Å². The summed E-state index contributed by atoms with van der Waals surface area (Å²) in [7, 11) is 2.73. The normalized spacial score (nSPS) is 11.9. The largest absolute Gasteiger partial charge is 0.444 e. The van der Waals surface area contributed by atoms with Crippen molar-refractivity contribution in [2.24, 2.45) is 7.05 Å². The van der Waals surface area contributed by atoms with Crippen LogP contribution in [0.25, 0.3) is 10.2 Å². The van der Waals surface area contributed by atoms with Gasteiger partial charge in [0.15, 0.2) is 10.8 Å². The number of fused-ring (bicyclic) bond motifs is 1. The van der Waals surface area contributed by atoms with Gasteiger partial charge in [-0.15, -0.1) is 11.3 Å². The third kappa shape index (κ3) is 6.98. The molecule has 0 spiro atoms. The first-order valence-corrected chi connectivity index (χ1v) is 12.3. The van der Waals surface area contributed by atoms with Crippen molar-refractivity contribution >= 4 is 39.4 Å². The first-order chi connectivity index (χ1) is 18.2. The fraction of sp³-hybridized carbons (Fsp3) is 0.333. The number of nitrogens with one attached hydrogen (secondary N) is 1. The molecule has 0 atom stereocenters. The number of nitrogens with zero attached hydrogens (tertiary/aromatic N) is 6. The molecule has 0 saturated carbocycles. The van der Waals surface area contributed by atoms with Crippen molar-refractivity contribution in [3.05, 3.63) is 53.1 Å². The van der Waals surface area contributed by atoms with Crippen LogP contribution in [0, 0.1) is 0 Å². The molecule has 0 saturated heterocycles. The Morgan fingerprint density at radius 3 is 2.54 bits per heavy atom. The Bertz CT molecular complexity index is 1530. The van der Waals surface area contributed by atoms with E-state index in [-0.39, 0.29) is 23.3 Å². The number of benzene rings is 1. The molecule has 0 aliphatic carbocycles.